The first kappa shape index (κ1) is 15.5. The fraction of sp³-hybridized carbons (Fsp3) is 0.538. The SMILES string of the molecule is CCSC1CCCC1Nc1cc(S(N)(=O)=O)ccc1N. The van der Waals surface area contributed by atoms with Crippen LogP contribution < -0.4 is 16.2 Å². The molecule has 1 aliphatic rings. The topological polar surface area (TPSA) is 98.2 Å². The maximum atomic E-state index is 11.4. The van der Waals surface area contributed by atoms with Crippen molar-refractivity contribution < 1.29 is 8.42 Å². The van der Waals surface area contributed by atoms with E-state index in [1.807, 2.05) is 11.8 Å². The maximum Gasteiger partial charge on any atom is 0.238 e. The van der Waals surface area contributed by atoms with Gasteiger partial charge in [0.15, 0.2) is 0 Å². The van der Waals surface area contributed by atoms with E-state index in [0.717, 1.165) is 12.2 Å². The minimum Gasteiger partial charge on any atom is -0.397 e. The van der Waals surface area contributed by atoms with E-state index >= 15 is 0 Å². The lowest BCUT2D eigenvalue weighted by Gasteiger charge is -2.22. The second-order valence-electron chi connectivity index (χ2n) is 4.97. The Morgan fingerprint density at radius 2 is 2.15 bits per heavy atom. The van der Waals surface area contributed by atoms with Crippen LogP contribution in [0.1, 0.15) is 26.2 Å². The Bertz CT molecular complexity index is 575. The second kappa shape index (κ2) is 6.24. The Morgan fingerprint density at radius 1 is 1.40 bits per heavy atom. The monoisotopic (exact) mass is 315 g/mol. The number of benzene rings is 1. The molecule has 0 amide bonds. The number of nitrogens with one attached hydrogen (secondary N) is 1. The van der Waals surface area contributed by atoms with Crippen molar-refractivity contribution in [2.45, 2.75) is 42.4 Å². The maximum absolute atomic E-state index is 11.4. The van der Waals surface area contributed by atoms with Gasteiger partial charge in [-0.1, -0.05) is 13.3 Å². The molecule has 0 radical (unpaired) electrons. The van der Waals surface area contributed by atoms with Crippen molar-refractivity contribution in [3.05, 3.63) is 18.2 Å². The molecular weight excluding hydrogens is 294 g/mol. The van der Waals surface area contributed by atoms with Crippen LogP contribution in [0.4, 0.5) is 11.4 Å². The number of anilines is 2. The predicted octanol–water partition coefficient (Wildman–Crippen LogP) is 2.00. The van der Waals surface area contributed by atoms with E-state index in [-0.39, 0.29) is 4.90 Å². The van der Waals surface area contributed by atoms with Gasteiger partial charge < -0.3 is 11.1 Å². The van der Waals surface area contributed by atoms with Crippen LogP contribution in [0.15, 0.2) is 23.1 Å². The van der Waals surface area contributed by atoms with E-state index < -0.39 is 10.0 Å². The van der Waals surface area contributed by atoms with Crippen LogP contribution in [0.25, 0.3) is 0 Å². The first-order valence-corrected chi connectivity index (χ1v) is 9.31. The third kappa shape index (κ3) is 3.59. The highest BCUT2D eigenvalue weighted by Crippen LogP contribution is 2.33. The van der Waals surface area contributed by atoms with Crippen molar-refractivity contribution in [1.82, 2.24) is 0 Å². The lowest BCUT2D eigenvalue weighted by atomic mass is 10.2. The standard InChI is InChI=1S/C13H21N3O2S2/c1-2-19-13-5-3-4-11(13)16-12-8-9(20(15,17)18)6-7-10(12)14/h6-8,11,13,16H,2-5,14H2,1H3,(H2,15,17,18). The summed E-state index contributed by atoms with van der Waals surface area (Å²) in [6, 6.07) is 4.87. The van der Waals surface area contributed by atoms with Gasteiger partial charge in [0, 0.05) is 11.3 Å². The van der Waals surface area contributed by atoms with Crippen LogP contribution in [0.3, 0.4) is 0 Å². The Hall–Kier alpha value is -0.920. The number of rotatable bonds is 5. The first-order chi connectivity index (χ1) is 9.41. The summed E-state index contributed by atoms with van der Waals surface area (Å²) in [5, 5.41) is 9.10. The highest BCUT2D eigenvalue weighted by atomic mass is 32.2. The average molecular weight is 315 g/mol. The molecule has 0 heterocycles. The molecule has 2 rings (SSSR count). The summed E-state index contributed by atoms with van der Waals surface area (Å²) >= 11 is 1.94. The number of hydrogen-bond acceptors (Lipinski definition) is 5. The van der Waals surface area contributed by atoms with Crippen LogP contribution >= 0.6 is 11.8 Å². The molecule has 2 unspecified atom stereocenters. The Morgan fingerprint density at radius 3 is 2.80 bits per heavy atom. The molecule has 1 aliphatic carbocycles. The van der Waals surface area contributed by atoms with Gasteiger partial charge in [-0.25, -0.2) is 13.6 Å². The molecule has 1 fully saturated rings. The minimum absolute atomic E-state index is 0.0897. The molecule has 20 heavy (non-hydrogen) atoms. The summed E-state index contributed by atoms with van der Waals surface area (Å²) in [7, 11) is -3.70. The molecule has 1 aromatic rings. The van der Waals surface area contributed by atoms with Crippen LogP contribution in [0.2, 0.25) is 0 Å². The molecule has 1 aromatic carbocycles. The summed E-state index contributed by atoms with van der Waals surface area (Å²) in [5.74, 6) is 1.08. The highest BCUT2D eigenvalue weighted by molar-refractivity contribution is 7.99. The van der Waals surface area contributed by atoms with Gasteiger partial charge in [-0.15, -0.1) is 0 Å². The van der Waals surface area contributed by atoms with Crippen LogP contribution in [-0.2, 0) is 10.0 Å². The Kier molecular flexibility index (Phi) is 4.82. The zero-order chi connectivity index (χ0) is 14.8. The lowest BCUT2D eigenvalue weighted by Crippen LogP contribution is -2.27. The number of thioether (sulfide) groups is 1. The molecule has 0 aromatic heterocycles. The van der Waals surface area contributed by atoms with Gasteiger partial charge in [0.25, 0.3) is 0 Å². The molecule has 5 nitrogen and oxygen atoms in total. The third-order valence-electron chi connectivity index (χ3n) is 3.53. The largest absolute Gasteiger partial charge is 0.397 e. The summed E-state index contributed by atoms with van der Waals surface area (Å²) in [4.78, 5) is 0.0897. The van der Waals surface area contributed by atoms with Crippen molar-refractivity contribution in [2.24, 2.45) is 5.14 Å². The summed E-state index contributed by atoms with van der Waals surface area (Å²) in [5.41, 5.74) is 7.13. The van der Waals surface area contributed by atoms with Crippen LogP contribution in [0.5, 0.6) is 0 Å². The number of nitrogen functional groups attached to an aromatic ring is 1. The molecular formula is C13H21N3O2S2. The van der Waals surface area contributed by atoms with Gasteiger partial charge in [-0.2, -0.15) is 11.8 Å². The summed E-state index contributed by atoms with van der Waals surface area (Å²) in [6.07, 6.45) is 3.45. The molecule has 2 atom stereocenters. The van der Waals surface area contributed by atoms with Crippen molar-refractivity contribution in [3.8, 4) is 0 Å². The van der Waals surface area contributed by atoms with Gasteiger partial charge in [0.1, 0.15) is 0 Å². The molecule has 0 aliphatic heterocycles. The molecule has 0 saturated heterocycles. The van der Waals surface area contributed by atoms with Crippen molar-refractivity contribution in [1.29, 1.82) is 0 Å². The Labute approximate surface area is 124 Å². The van der Waals surface area contributed by atoms with Crippen molar-refractivity contribution >= 4 is 33.2 Å². The van der Waals surface area contributed by atoms with Gasteiger partial charge in [-0.3, -0.25) is 0 Å². The van der Waals surface area contributed by atoms with E-state index in [9.17, 15) is 8.42 Å². The summed E-state index contributed by atoms with van der Waals surface area (Å²) < 4.78 is 22.8. The van der Waals surface area contributed by atoms with E-state index in [4.69, 9.17) is 10.9 Å². The van der Waals surface area contributed by atoms with E-state index in [0.29, 0.717) is 22.7 Å². The van der Waals surface area contributed by atoms with Crippen molar-refractivity contribution in [2.75, 3.05) is 16.8 Å². The zero-order valence-corrected chi connectivity index (χ0v) is 13.1. The normalized spacial score (nSPS) is 22.9. The number of nitrogens with two attached hydrogens (primary N) is 2. The Balaban J connectivity index is 2.20. The fourth-order valence-electron chi connectivity index (χ4n) is 2.54. The first-order valence-electron chi connectivity index (χ1n) is 6.72. The predicted molar refractivity (Wildman–Crippen MR) is 85.4 cm³/mol. The van der Waals surface area contributed by atoms with Gasteiger partial charge >= 0.3 is 0 Å². The zero-order valence-electron chi connectivity index (χ0n) is 11.5. The van der Waals surface area contributed by atoms with Crippen molar-refractivity contribution in [3.63, 3.8) is 0 Å². The number of primary sulfonamides is 1. The third-order valence-corrected chi connectivity index (χ3v) is 5.76. The molecule has 7 heteroatoms. The number of sulfonamides is 1. The highest BCUT2D eigenvalue weighted by Gasteiger charge is 2.27. The smallest absolute Gasteiger partial charge is 0.238 e. The second-order valence-corrected chi connectivity index (χ2v) is 8.05. The van der Waals surface area contributed by atoms with E-state index in [1.54, 1.807) is 6.07 Å². The molecule has 1 saturated carbocycles. The van der Waals surface area contributed by atoms with Crippen LogP contribution in [-0.4, -0.2) is 25.5 Å². The van der Waals surface area contributed by atoms with E-state index in [2.05, 4.69) is 12.2 Å². The quantitative estimate of drug-likeness (QED) is 0.722. The van der Waals surface area contributed by atoms with Crippen LogP contribution in [0, 0.1) is 0 Å². The molecule has 0 bridgehead atoms. The van der Waals surface area contributed by atoms with Gasteiger partial charge in [0.2, 0.25) is 10.0 Å². The molecule has 5 N–H and O–H groups in total. The molecule has 112 valence electrons. The van der Waals surface area contributed by atoms with E-state index in [1.165, 1.54) is 25.0 Å². The summed E-state index contributed by atoms with van der Waals surface area (Å²) in [6.45, 7) is 2.15. The van der Waals surface area contributed by atoms with Gasteiger partial charge in [-0.05, 0) is 36.8 Å². The number of hydrogen-bond donors (Lipinski definition) is 3. The van der Waals surface area contributed by atoms with Gasteiger partial charge in [0.05, 0.1) is 16.3 Å². The molecule has 0 spiro atoms. The fourth-order valence-corrected chi connectivity index (χ4v) is 4.28. The lowest BCUT2D eigenvalue weighted by molar-refractivity contribution is 0.598. The minimum atomic E-state index is -3.70. The average Bonchev–Trinajstić information content (AvgIpc) is 2.79.